The highest BCUT2D eigenvalue weighted by Crippen LogP contribution is 1.93. The highest BCUT2D eigenvalue weighted by Gasteiger charge is 2.00. The normalized spacial score (nSPS) is 20.1. The molecule has 1 aliphatic rings. The molecule has 3 heteroatoms. The summed E-state index contributed by atoms with van der Waals surface area (Å²) in [5, 5.41) is 1.62. The van der Waals surface area contributed by atoms with Crippen LogP contribution >= 0.6 is 0 Å². The third kappa shape index (κ3) is 0.913. The Morgan fingerprint density at radius 3 is 3.00 bits per heavy atom. The molecule has 0 fully saturated rings. The highest BCUT2D eigenvalue weighted by atomic mass is 16.7. The van der Waals surface area contributed by atoms with Crippen molar-refractivity contribution in [2.24, 2.45) is 0 Å². The Balaban J connectivity index is 2.22. The van der Waals surface area contributed by atoms with Crippen LogP contribution in [0, 0.1) is 0 Å². The molecule has 0 aromatic rings. The first-order chi connectivity index (χ1) is 3.43. The second kappa shape index (κ2) is 1.95. The summed E-state index contributed by atoms with van der Waals surface area (Å²) in [5.74, 6) is 0. The van der Waals surface area contributed by atoms with Crippen LogP contribution in [0.4, 0.5) is 0 Å². The number of hydrogen-bond acceptors (Lipinski definition) is 3. The van der Waals surface area contributed by atoms with Crippen LogP contribution in [0.15, 0.2) is 12.3 Å². The van der Waals surface area contributed by atoms with Gasteiger partial charge in [0, 0.05) is 7.05 Å². The summed E-state index contributed by atoms with van der Waals surface area (Å²) in [6.45, 7) is 0.830. The minimum Gasteiger partial charge on any atom is -0.399 e. The van der Waals surface area contributed by atoms with Gasteiger partial charge in [-0.25, -0.2) is 5.43 Å². The van der Waals surface area contributed by atoms with Crippen LogP contribution in [0.25, 0.3) is 0 Å². The van der Waals surface area contributed by atoms with E-state index in [2.05, 4.69) is 5.43 Å². The molecule has 7 heavy (non-hydrogen) atoms. The molecule has 0 bridgehead atoms. The van der Waals surface area contributed by atoms with E-state index < -0.39 is 0 Å². The van der Waals surface area contributed by atoms with E-state index in [1.165, 1.54) is 0 Å². The van der Waals surface area contributed by atoms with Crippen molar-refractivity contribution in [2.75, 3.05) is 13.6 Å². The van der Waals surface area contributed by atoms with Crippen LogP contribution in [0.2, 0.25) is 0 Å². The summed E-state index contributed by atoms with van der Waals surface area (Å²) < 4.78 is 0. The van der Waals surface area contributed by atoms with Crippen LogP contribution < -0.4 is 5.43 Å². The lowest BCUT2D eigenvalue weighted by Gasteiger charge is -2.09. The standard InChI is InChI=1S/C4H8N2O/c1-5-6-3-2-4-7-6/h2,4-5H,3H2,1H3. The van der Waals surface area contributed by atoms with Gasteiger partial charge in [-0.15, -0.1) is 0 Å². The first kappa shape index (κ1) is 4.61. The summed E-state index contributed by atoms with van der Waals surface area (Å²) in [6, 6.07) is 0. The van der Waals surface area contributed by atoms with E-state index in [0.717, 1.165) is 6.54 Å². The molecule has 1 N–H and O–H groups in total. The summed E-state index contributed by atoms with van der Waals surface area (Å²) in [4.78, 5) is 4.84. The predicted octanol–water partition coefficient (Wildman–Crippen LogP) is -0.118. The topological polar surface area (TPSA) is 24.5 Å². The van der Waals surface area contributed by atoms with Crippen molar-refractivity contribution in [1.82, 2.24) is 10.6 Å². The Morgan fingerprint density at radius 2 is 2.71 bits per heavy atom. The van der Waals surface area contributed by atoms with E-state index in [1.54, 1.807) is 11.4 Å². The smallest absolute Gasteiger partial charge is 0.110 e. The van der Waals surface area contributed by atoms with Crippen molar-refractivity contribution in [3.63, 3.8) is 0 Å². The molecule has 1 heterocycles. The van der Waals surface area contributed by atoms with Crippen LogP contribution in [-0.2, 0) is 4.84 Å². The predicted molar refractivity (Wildman–Crippen MR) is 26.0 cm³/mol. The molecular formula is C4H8N2O. The van der Waals surface area contributed by atoms with E-state index in [-0.39, 0.29) is 0 Å². The molecule has 0 saturated heterocycles. The van der Waals surface area contributed by atoms with Crippen molar-refractivity contribution in [2.45, 2.75) is 0 Å². The molecule has 0 aliphatic carbocycles. The van der Waals surface area contributed by atoms with Crippen molar-refractivity contribution in [3.8, 4) is 0 Å². The maximum atomic E-state index is 4.84. The monoisotopic (exact) mass is 100 g/mol. The van der Waals surface area contributed by atoms with Crippen molar-refractivity contribution >= 4 is 0 Å². The fraction of sp³-hybridized carbons (Fsp3) is 0.500. The van der Waals surface area contributed by atoms with Crippen LogP contribution in [0.5, 0.6) is 0 Å². The van der Waals surface area contributed by atoms with Gasteiger partial charge in [-0.1, -0.05) is 5.17 Å². The largest absolute Gasteiger partial charge is 0.399 e. The molecule has 0 amide bonds. The van der Waals surface area contributed by atoms with Gasteiger partial charge in [0.15, 0.2) is 0 Å². The number of hydrogen-bond donors (Lipinski definition) is 1. The molecule has 0 aromatic heterocycles. The Morgan fingerprint density at radius 1 is 1.86 bits per heavy atom. The molecule has 0 unspecified atom stereocenters. The fourth-order valence-electron chi connectivity index (χ4n) is 0.442. The lowest BCUT2D eigenvalue weighted by Crippen LogP contribution is -2.30. The van der Waals surface area contributed by atoms with Crippen LogP contribution in [-0.4, -0.2) is 18.8 Å². The average molecular weight is 100 g/mol. The highest BCUT2D eigenvalue weighted by molar-refractivity contribution is 4.79. The minimum atomic E-state index is 0.830. The van der Waals surface area contributed by atoms with Gasteiger partial charge in [-0.05, 0) is 6.08 Å². The first-order valence-corrected chi connectivity index (χ1v) is 2.20. The van der Waals surface area contributed by atoms with Gasteiger partial charge in [0.05, 0.1) is 6.54 Å². The Labute approximate surface area is 42.5 Å². The van der Waals surface area contributed by atoms with Gasteiger partial charge >= 0.3 is 0 Å². The molecule has 1 aliphatic heterocycles. The molecule has 1 rings (SSSR count). The lowest BCUT2D eigenvalue weighted by molar-refractivity contribution is -0.114. The van der Waals surface area contributed by atoms with Crippen molar-refractivity contribution in [1.29, 1.82) is 0 Å². The molecular weight excluding hydrogens is 92.1 g/mol. The SMILES string of the molecule is CNN1CC=CO1. The van der Waals surface area contributed by atoms with Crippen LogP contribution in [0.3, 0.4) is 0 Å². The van der Waals surface area contributed by atoms with Crippen LogP contribution in [0.1, 0.15) is 0 Å². The Bertz CT molecular complexity index is 73.8. The van der Waals surface area contributed by atoms with E-state index in [9.17, 15) is 0 Å². The van der Waals surface area contributed by atoms with E-state index in [1.807, 2.05) is 13.1 Å². The molecule has 0 spiro atoms. The Kier molecular flexibility index (Phi) is 1.29. The lowest BCUT2D eigenvalue weighted by atomic mass is 10.7. The first-order valence-electron chi connectivity index (χ1n) is 2.20. The molecule has 3 nitrogen and oxygen atoms in total. The maximum absolute atomic E-state index is 4.84. The average Bonchev–Trinajstić information content (AvgIpc) is 2.14. The van der Waals surface area contributed by atoms with Gasteiger partial charge in [0.25, 0.3) is 0 Å². The van der Waals surface area contributed by atoms with Crippen molar-refractivity contribution < 1.29 is 4.84 Å². The minimum absolute atomic E-state index is 0.830. The molecule has 40 valence electrons. The summed E-state index contributed by atoms with van der Waals surface area (Å²) in [5.41, 5.74) is 2.81. The second-order valence-corrected chi connectivity index (χ2v) is 1.26. The van der Waals surface area contributed by atoms with E-state index in [0.29, 0.717) is 0 Å². The quantitative estimate of drug-likeness (QED) is 0.497. The van der Waals surface area contributed by atoms with Gasteiger partial charge in [-0.2, -0.15) is 0 Å². The summed E-state index contributed by atoms with van der Waals surface area (Å²) >= 11 is 0. The van der Waals surface area contributed by atoms with Crippen molar-refractivity contribution in [3.05, 3.63) is 12.3 Å². The third-order valence-corrected chi connectivity index (χ3v) is 0.805. The van der Waals surface area contributed by atoms with Gasteiger partial charge in [0.1, 0.15) is 6.26 Å². The molecule has 0 aromatic carbocycles. The van der Waals surface area contributed by atoms with E-state index >= 15 is 0 Å². The van der Waals surface area contributed by atoms with Gasteiger partial charge < -0.3 is 4.84 Å². The zero-order valence-electron chi connectivity index (χ0n) is 4.22. The van der Waals surface area contributed by atoms with Gasteiger partial charge in [-0.3, -0.25) is 0 Å². The fourth-order valence-corrected chi connectivity index (χ4v) is 0.442. The molecule has 0 saturated carbocycles. The number of nitrogens with zero attached hydrogens (tertiary/aromatic N) is 1. The zero-order chi connectivity index (χ0) is 5.11. The molecule has 0 atom stereocenters. The summed E-state index contributed by atoms with van der Waals surface area (Å²) in [6.07, 6.45) is 3.58. The second-order valence-electron chi connectivity index (χ2n) is 1.26. The maximum Gasteiger partial charge on any atom is 0.110 e. The van der Waals surface area contributed by atoms with E-state index in [4.69, 9.17) is 4.84 Å². The number of rotatable bonds is 1. The van der Waals surface area contributed by atoms with Gasteiger partial charge in [0.2, 0.25) is 0 Å². The zero-order valence-corrected chi connectivity index (χ0v) is 4.22. The summed E-state index contributed by atoms with van der Waals surface area (Å²) in [7, 11) is 1.81. The molecule has 0 radical (unpaired) electrons. The number of nitrogens with one attached hydrogen (secondary N) is 1. The third-order valence-electron chi connectivity index (χ3n) is 0.805. The number of hydrazine groups is 1. The Hall–Kier alpha value is -0.540. The number of hydroxylamine groups is 1.